The van der Waals surface area contributed by atoms with Crippen LogP contribution in [0.15, 0.2) is 30.0 Å². The molecular weight excluding hydrogens is 338 g/mol. The summed E-state index contributed by atoms with van der Waals surface area (Å²) in [5.41, 5.74) is 2.22. The minimum atomic E-state index is -3.50. The van der Waals surface area contributed by atoms with Crippen molar-refractivity contribution in [3.63, 3.8) is 0 Å². The largest absolute Gasteiger partial charge is 0.462 e. The van der Waals surface area contributed by atoms with E-state index in [0.717, 1.165) is 5.56 Å². The topological polar surface area (TPSA) is 72.5 Å². The van der Waals surface area contributed by atoms with Crippen molar-refractivity contribution in [1.29, 1.82) is 0 Å². The maximum Gasteiger partial charge on any atom is 0.338 e. The number of nitrogens with one attached hydrogen (secondary N) is 1. The Labute approximate surface area is 141 Å². The van der Waals surface area contributed by atoms with E-state index in [-0.39, 0.29) is 6.61 Å². The number of halogens is 1. The van der Waals surface area contributed by atoms with E-state index in [1.54, 1.807) is 45.0 Å². The molecular formula is C16H18ClNO4S. The first-order chi connectivity index (χ1) is 10.8. The highest BCUT2D eigenvalue weighted by Gasteiger charge is 2.26. The SMILES string of the molecule is CCOC(=O)C1=Cc2ccc(Cl)cc2/C1=C/NS(=O)(=O)C(C)C. The monoisotopic (exact) mass is 355 g/mol. The van der Waals surface area contributed by atoms with Crippen LogP contribution >= 0.6 is 11.6 Å². The molecule has 5 nitrogen and oxygen atoms in total. The number of fused-ring (bicyclic) bond motifs is 1. The van der Waals surface area contributed by atoms with Crippen molar-refractivity contribution in [3.8, 4) is 0 Å². The van der Waals surface area contributed by atoms with Gasteiger partial charge in [0, 0.05) is 16.8 Å². The molecule has 0 fully saturated rings. The molecule has 0 spiro atoms. The lowest BCUT2D eigenvalue weighted by atomic mass is 10.0. The lowest BCUT2D eigenvalue weighted by Gasteiger charge is -2.11. The van der Waals surface area contributed by atoms with Crippen molar-refractivity contribution in [2.45, 2.75) is 26.0 Å². The van der Waals surface area contributed by atoms with Crippen molar-refractivity contribution in [2.75, 3.05) is 6.61 Å². The van der Waals surface area contributed by atoms with E-state index in [2.05, 4.69) is 4.72 Å². The van der Waals surface area contributed by atoms with Gasteiger partial charge in [-0.25, -0.2) is 13.2 Å². The molecule has 1 aromatic carbocycles. The summed E-state index contributed by atoms with van der Waals surface area (Å²) >= 11 is 6.01. The van der Waals surface area contributed by atoms with Gasteiger partial charge in [0.2, 0.25) is 10.0 Å². The van der Waals surface area contributed by atoms with Crippen LogP contribution in [-0.4, -0.2) is 26.2 Å². The Kier molecular flexibility index (Phi) is 5.16. The molecule has 7 heteroatoms. The molecule has 0 aliphatic heterocycles. The summed E-state index contributed by atoms with van der Waals surface area (Å²) in [5, 5.41) is -0.0884. The molecule has 0 bridgehead atoms. The van der Waals surface area contributed by atoms with Gasteiger partial charge in [-0.3, -0.25) is 4.72 Å². The second-order valence-corrected chi connectivity index (χ2v) is 7.98. The average molecular weight is 356 g/mol. The first kappa shape index (κ1) is 17.6. The number of hydrogen-bond donors (Lipinski definition) is 1. The van der Waals surface area contributed by atoms with Crippen LogP contribution in [0.4, 0.5) is 0 Å². The molecule has 1 aromatic rings. The summed E-state index contributed by atoms with van der Waals surface area (Å²) in [6.45, 7) is 5.09. The predicted octanol–water partition coefficient (Wildman–Crippen LogP) is 2.97. The number of hydrogen-bond acceptors (Lipinski definition) is 4. The van der Waals surface area contributed by atoms with Gasteiger partial charge in [-0.2, -0.15) is 0 Å². The Hall–Kier alpha value is -1.79. The van der Waals surface area contributed by atoms with Gasteiger partial charge in [0.05, 0.1) is 17.4 Å². The van der Waals surface area contributed by atoms with Crippen molar-refractivity contribution < 1.29 is 17.9 Å². The first-order valence-electron chi connectivity index (χ1n) is 7.16. The van der Waals surface area contributed by atoms with Gasteiger partial charge in [-0.1, -0.05) is 17.7 Å². The fourth-order valence-corrected chi connectivity index (χ4v) is 2.80. The molecule has 1 N–H and O–H groups in total. The second-order valence-electron chi connectivity index (χ2n) is 5.28. The number of rotatable bonds is 5. The van der Waals surface area contributed by atoms with Crippen LogP contribution in [0, 0.1) is 0 Å². The number of carbonyl (C=O) groups excluding carboxylic acids is 1. The smallest absolute Gasteiger partial charge is 0.338 e. The predicted molar refractivity (Wildman–Crippen MR) is 91.2 cm³/mol. The van der Waals surface area contributed by atoms with E-state index >= 15 is 0 Å². The van der Waals surface area contributed by atoms with E-state index in [4.69, 9.17) is 16.3 Å². The number of ether oxygens (including phenoxy) is 1. The molecule has 124 valence electrons. The van der Waals surface area contributed by atoms with Crippen molar-refractivity contribution in [3.05, 3.63) is 46.1 Å². The lowest BCUT2D eigenvalue weighted by molar-refractivity contribution is -0.137. The lowest BCUT2D eigenvalue weighted by Crippen LogP contribution is -2.27. The summed E-state index contributed by atoms with van der Waals surface area (Å²) in [7, 11) is -3.50. The van der Waals surface area contributed by atoms with Gasteiger partial charge in [0.25, 0.3) is 0 Å². The Morgan fingerprint density at radius 2 is 2.09 bits per heavy atom. The van der Waals surface area contributed by atoms with Crippen LogP contribution in [0.3, 0.4) is 0 Å². The normalized spacial score (nSPS) is 15.5. The Bertz CT molecular complexity index is 794. The van der Waals surface area contributed by atoms with Crippen molar-refractivity contribution in [1.82, 2.24) is 4.72 Å². The van der Waals surface area contributed by atoms with Gasteiger partial charge in [-0.05, 0) is 50.1 Å². The zero-order valence-electron chi connectivity index (χ0n) is 13.1. The number of benzene rings is 1. The molecule has 23 heavy (non-hydrogen) atoms. The van der Waals surface area contributed by atoms with Crippen LogP contribution in [0.2, 0.25) is 5.02 Å². The summed E-state index contributed by atoms with van der Waals surface area (Å²) in [6, 6.07) is 5.17. The minimum Gasteiger partial charge on any atom is -0.462 e. The molecule has 0 aromatic heterocycles. The molecule has 0 amide bonds. The van der Waals surface area contributed by atoms with Gasteiger partial charge < -0.3 is 4.74 Å². The van der Waals surface area contributed by atoms with E-state index in [0.29, 0.717) is 21.7 Å². The van der Waals surface area contributed by atoms with E-state index in [1.807, 2.05) is 0 Å². The molecule has 1 aliphatic rings. The van der Waals surface area contributed by atoms with E-state index < -0.39 is 21.2 Å². The van der Waals surface area contributed by atoms with Gasteiger partial charge in [0.1, 0.15) is 0 Å². The Morgan fingerprint density at radius 1 is 1.39 bits per heavy atom. The van der Waals surface area contributed by atoms with Crippen molar-refractivity contribution >= 4 is 39.2 Å². The number of carbonyl (C=O) groups is 1. The highest BCUT2D eigenvalue weighted by atomic mass is 35.5. The maximum absolute atomic E-state index is 12.1. The fraction of sp³-hybridized carbons (Fsp3) is 0.312. The van der Waals surface area contributed by atoms with Crippen LogP contribution in [-0.2, 0) is 19.6 Å². The summed E-state index contributed by atoms with van der Waals surface area (Å²) in [6.07, 6.45) is 2.99. The molecule has 0 saturated heterocycles. The van der Waals surface area contributed by atoms with E-state index in [1.165, 1.54) is 6.20 Å². The number of sulfonamides is 1. The van der Waals surface area contributed by atoms with Gasteiger partial charge >= 0.3 is 5.97 Å². The number of esters is 1. The second kappa shape index (κ2) is 6.76. The summed E-state index contributed by atoms with van der Waals surface area (Å²) in [5.74, 6) is -0.505. The summed E-state index contributed by atoms with van der Waals surface area (Å²) < 4.78 is 31.3. The molecule has 1 aliphatic carbocycles. The third-order valence-electron chi connectivity index (χ3n) is 3.38. The third kappa shape index (κ3) is 3.76. The highest BCUT2D eigenvalue weighted by molar-refractivity contribution is 7.90. The minimum absolute atomic E-state index is 0.234. The zero-order chi connectivity index (χ0) is 17.2. The van der Waals surface area contributed by atoms with Gasteiger partial charge in [-0.15, -0.1) is 0 Å². The molecule has 0 unspecified atom stereocenters. The van der Waals surface area contributed by atoms with E-state index in [9.17, 15) is 13.2 Å². The molecule has 0 saturated carbocycles. The van der Waals surface area contributed by atoms with Crippen LogP contribution in [0.1, 0.15) is 31.9 Å². The molecule has 0 atom stereocenters. The van der Waals surface area contributed by atoms with Gasteiger partial charge in [0.15, 0.2) is 0 Å². The molecule has 0 heterocycles. The third-order valence-corrected chi connectivity index (χ3v) is 5.30. The highest BCUT2D eigenvalue weighted by Crippen LogP contribution is 2.37. The quantitative estimate of drug-likeness (QED) is 0.824. The zero-order valence-corrected chi connectivity index (χ0v) is 14.7. The van der Waals surface area contributed by atoms with Crippen molar-refractivity contribution in [2.24, 2.45) is 0 Å². The average Bonchev–Trinajstić information content (AvgIpc) is 2.83. The molecule has 2 rings (SSSR count). The standard InChI is InChI=1S/C16H18ClNO4S/c1-4-22-16(19)14-7-11-5-6-12(17)8-13(11)15(14)9-18-23(20,21)10(2)3/h5-10,18H,4H2,1-3H3/b15-9-. The van der Waals surface area contributed by atoms with Crippen LogP contribution in [0.5, 0.6) is 0 Å². The summed E-state index contributed by atoms with van der Waals surface area (Å²) in [4.78, 5) is 12.1. The van der Waals surface area contributed by atoms with Crippen LogP contribution in [0.25, 0.3) is 11.6 Å². The Balaban J connectivity index is 2.46. The first-order valence-corrected chi connectivity index (χ1v) is 9.09. The fourth-order valence-electron chi connectivity index (χ4n) is 2.08. The van der Waals surface area contributed by atoms with Crippen LogP contribution < -0.4 is 4.72 Å². The maximum atomic E-state index is 12.1. The Morgan fingerprint density at radius 3 is 2.70 bits per heavy atom. The molecule has 0 radical (unpaired) electrons.